The Morgan fingerprint density at radius 3 is 2.41 bits per heavy atom. The van der Waals surface area contributed by atoms with Crippen LogP contribution in [0.4, 0.5) is 5.69 Å². The number of halogens is 2. The number of nitrogens with zero attached hydrogens (tertiary/aromatic N) is 1. The largest absolute Gasteiger partial charge is 0.334 e. The van der Waals surface area contributed by atoms with Crippen LogP contribution < -0.4 is 4.72 Å². The van der Waals surface area contributed by atoms with E-state index in [0.717, 1.165) is 0 Å². The topological polar surface area (TPSA) is 74.8 Å². The lowest BCUT2D eigenvalue weighted by Gasteiger charge is -2.09. The second kappa shape index (κ2) is 4.79. The van der Waals surface area contributed by atoms with Gasteiger partial charge in [0.15, 0.2) is 5.03 Å². The number of nitrogens with one attached hydrogen (secondary N) is 2. The fourth-order valence-electron chi connectivity index (χ4n) is 1.17. The molecule has 1 aromatic carbocycles. The Morgan fingerprint density at radius 1 is 1.24 bits per heavy atom. The van der Waals surface area contributed by atoms with E-state index < -0.39 is 10.0 Å². The van der Waals surface area contributed by atoms with Gasteiger partial charge >= 0.3 is 0 Å². The van der Waals surface area contributed by atoms with Crippen LogP contribution in [0.2, 0.25) is 0 Å². The van der Waals surface area contributed by atoms with Crippen molar-refractivity contribution in [3.05, 3.63) is 39.7 Å². The molecule has 0 atom stereocenters. The van der Waals surface area contributed by atoms with E-state index in [9.17, 15) is 8.42 Å². The highest BCUT2D eigenvalue weighted by Crippen LogP contribution is 2.32. The summed E-state index contributed by atoms with van der Waals surface area (Å²) < 4.78 is 27.6. The van der Waals surface area contributed by atoms with Crippen LogP contribution in [0, 0.1) is 0 Å². The molecule has 0 unspecified atom stereocenters. The second-order valence-electron chi connectivity index (χ2n) is 3.12. The molecule has 8 heteroatoms. The number of hydrogen-bond acceptors (Lipinski definition) is 3. The molecule has 0 saturated heterocycles. The molecule has 17 heavy (non-hydrogen) atoms. The summed E-state index contributed by atoms with van der Waals surface area (Å²) in [6, 6.07) is 5.29. The van der Waals surface area contributed by atoms with Crippen molar-refractivity contribution in [1.82, 2.24) is 9.97 Å². The highest BCUT2D eigenvalue weighted by molar-refractivity contribution is 9.11. The molecule has 2 N–H and O–H groups in total. The number of para-hydroxylation sites is 1. The third-order valence-electron chi connectivity index (χ3n) is 1.96. The molecule has 0 aliphatic heterocycles. The van der Waals surface area contributed by atoms with E-state index in [2.05, 4.69) is 46.5 Å². The van der Waals surface area contributed by atoms with Crippen molar-refractivity contribution in [3.8, 4) is 0 Å². The van der Waals surface area contributed by atoms with E-state index in [1.54, 1.807) is 18.2 Å². The van der Waals surface area contributed by atoms with Crippen LogP contribution in [-0.2, 0) is 10.0 Å². The fourth-order valence-corrected chi connectivity index (χ4v) is 3.64. The van der Waals surface area contributed by atoms with E-state index in [4.69, 9.17) is 0 Å². The van der Waals surface area contributed by atoms with Gasteiger partial charge in [0.25, 0.3) is 10.0 Å². The lowest BCUT2D eigenvalue weighted by Crippen LogP contribution is -2.14. The van der Waals surface area contributed by atoms with Crippen molar-refractivity contribution in [3.63, 3.8) is 0 Å². The molecule has 0 aliphatic rings. The number of rotatable bonds is 3. The van der Waals surface area contributed by atoms with Crippen LogP contribution in [0.1, 0.15) is 0 Å². The van der Waals surface area contributed by atoms with Gasteiger partial charge in [0.05, 0.1) is 18.2 Å². The van der Waals surface area contributed by atoms with Gasteiger partial charge in [-0.15, -0.1) is 0 Å². The minimum Gasteiger partial charge on any atom is -0.334 e. The number of aromatic amines is 1. The second-order valence-corrected chi connectivity index (χ2v) is 6.48. The van der Waals surface area contributed by atoms with Crippen molar-refractivity contribution < 1.29 is 8.42 Å². The Hall–Kier alpha value is -0.860. The molecule has 0 aliphatic carbocycles. The zero-order chi connectivity index (χ0) is 12.5. The van der Waals surface area contributed by atoms with Gasteiger partial charge in [0.1, 0.15) is 0 Å². The Balaban J connectivity index is 2.40. The van der Waals surface area contributed by atoms with Crippen molar-refractivity contribution in [2.45, 2.75) is 5.03 Å². The van der Waals surface area contributed by atoms with Crippen molar-refractivity contribution in [1.29, 1.82) is 0 Å². The zero-order valence-corrected chi connectivity index (χ0v) is 12.3. The number of imidazole rings is 1. The van der Waals surface area contributed by atoms with Crippen LogP contribution >= 0.6 is 31.9 Å². The average Bonchev–Trinajstić information content (AvgIpc) is 2.77. The van der Waals surface area contributed by atoms with Crippen molar-refractivity contribution in [2.24, 2.45) is 0 Å². The van der Waals surface area contributed by atoms with Gasteiger partial charge in [0.2, 0.25) is 0 Å². The maximum atomic E-state index is 11.9. The molecule has 0 radical (unpaired) electrons. The van der Waals surface area contributed by atoms with Gasteiger partial charge in [-0.05, 0) is 44.0 Å². The van der Waals surface area contributed by atoms with Gasteiger partial charge < -0.3 is 4.98 Å². The van der Waals surface area contributed by atoms with Gasteiger partial charge in [0, 0.05) is 8.95 Å². The lowest BCUT2D eigenvalue weighted by atomic mass is 10.3. The summed E-state index contributed by atoms with van der Waals surface area (Å²) in [5.41, 5.74) is 0.446. The maximum absolute atomic E-state index is 11.9. The fraction of sp³-hybridized carbons (Fsp3) is 0. The maximum Gasteiger partial charge on any atom is 0.279 e. The van der Waals surface area contributed by atoms with Gasteiger partial charge in [-0.25, -0.2) is 4.98 Å². The molecule has 1 heterocycles. The molecule has 0 spiro atoms. The normalized spacial score (nSPS) is 11.4. The molecule has 2 aromatic rings. The van der Waals surface area contributed by atoms with E-state index in [1.165, 1.54) is 12.5 Å². The number of anilines is 1. The molecule has 0 bridgehead atoms. The summed E-state index contributed by atoms with van der Waals surface area (Å²) in [6.07, 6.45) is 2.55. The molecule has 0 fully saturated rings. The molecule has 0 saturated carbocycles. The van der Waals surface area contributed by atoms with Crippen LogP contribution in [0.5, 0.6) is 0 Å². The summed E-state index contributed by atoms with van der Waals surface area (Å²) in [5, 5.41) is 0.0140. The highest BCUT2D eigenvalue weighted by Gasteiger charge is 2.18. The Bertz CT molecular complexity index is 605. The summed E-state index contributed by atoms with van der Waals surface area (Å²) in [6.45, 7) is 0. The number of benzene rings is 1. The predicted molar refractivity (Wildman–Crippen MR) is 71.2 cm³/mol. The molecule has 0 amide bonds. The molecule has 90 valence electrons. The smallest absolute Gasteiger partial charge is 0.279 e. The number of hydrogen-bond donors (Lipinski definition) is 2. The number of H-pyrrole nitrogens is 1. The quantitative estimate of drug-likeness (QED) is 0.859. The van der Waals surface area contributed by atoms with E-state index in [-0.39, 0.29) is 5.03 Å². The van der Waals surface area contributed by atoms with Crippen LogP contribution in [0.25, 0.3) is 0 Å². The summed E-state index contributed by atoms with van der Waals surface area (Å²) >= 11 is 6.56. The van der Waals surface area contributed by atoms with Crippen LogP contribution in [-0.4, -0.2) is 18.4 Å². The minimum absolute atomic E-state index is 0.0140. The van der Waals surface area contributed by atoms with E-state index in [1.807, 2.05) is 0 Å². The monoisotopic (exact) mass is 379 g/mol. The first-order valence-electron chi connectivity index (χ1n) is 4.46. The Kier molecular flexibility index (Phi) is 3.55. The highest BCUT2D eigenvalue weighted by atomic mass is 79.9. The molecular formula is C9H7Br2N3O2S. The Morgan fingerprint density at radius 2 is 1.88 bits per heavy atom. The third kappa shape index (κ3) is 2.70. The van der Waals surface area contributed by atoms with E-state index >= 15 is 0 Å². The Labute approximate surface area is 115 Å². The first-order chi connectivity index (χ1) is 8.00. The summed E-state index contributed by atoms with van der Waals surface area (Å²) in [4.78, 5) is 6.22. The van der Waals surface area contributed by atoms with Gasteiger partial charge in [-0.3, -0.25) is 4.72 Å². The molecule has 1 aromatic heterocycles. The van der Waals surface area contributed by atoms with Gasteiger partial charge in [-0.2, -0.15) is 8.42 Å². The van der Waals surface area contributed by atoms with E-state index in [0.29, 0.717) is 14.6 Å². The number of sulfonamides is 1. The molecular weight excluding hydrogens is 374 g/mol. The SMILES string of the molecule is O=S(=O)(Nc1c(Br)cccc1Br)c1cnc[nH]1. The minimum atomic E-state index is -3.64. The first-order valence-corrected chi connectivity index (χ1v) is 7.53. The standard InChI is InChI=1S/C9H7Br2N3O2S/c10-6-2-1-3-7(11)9(6)14-17(15,16)8-4-12-5-13-8/h1-5,14H,(H,12,13). The molecule has 5 nitrogen and oxygen atoms in total. The van der Waals surface area contributed by atoms with Crippen LogP contribution in [0.3, 0.4) is 0 Å². The lowest BCUT2D eigenvalue weighted by molar-refractivity contribution is 0.598. The molecule has 2 rings (SSSR count). The predicted octanol–water partition coefficient (Wildman–Crippen LogP) is 2.74. The van der Waals surface area contributed by atoms with Gasteiger partial charge in [-0.1, -0.05) is 6.07 Å². The first kappa shape index (κ1) is 12.6. The summed E-state index contributed by atoms with van der Waals surface area (Å²) in [5.74, 6) is 0. The zero-order valence-electron chi connectivity index (χ0n) is 8.31. The number of aromatic nitrogens is 2. The average molecular weight is 381 g/mol. The van der Waals surface area contributed by atoms with Crippen LogP contribution in [0.15, 0.2) is 44.7 Å². The van der Waals surface area contributed by atoms with Crippen molar-refractivity contribution >= 4 is 47.6 Å². The van der Waals surface area contributed by atoms with Crippen molar-refractivity contribution in [2.75, 3.05) is 4.72 Å². The summed E-state index contributed by atoms with van der Waals surface area (Å²) in [7, 11) is -3.64. The third-order valence-corrected chi connectivity index (χ3v) is 4.56.